The van der Waals surface area contributed by atoms with Crippen molar-refractivity contribution < 1.29 is 17.7 Å². The highest BCUT2D eigenvalue weighted by Gasteiger charge is 2.61. The topological polar surface area (TPSA) is 63.8 Å². The quantitative estimate of drug-likeness (QED) is 0.921. The van der Waals surface area contributed by atoms with E-state index in [1.165, 1.54) is 6.20 Å². The number of aryl methyl sites for hydroxylation is 1. The highest BCUT2D eigenvalue weighted by Crippen LogP contribution is 2.45. The first-order valence-electron chi connectivity index (χ1n) is 6.48. The molecular formula is C13H13F3N4O. The number of hydrogen-bond acceptors (Lipinski definition) is 5. The summed E-state index contributed by atoms with van der Waals surface area (Å²) in [5.74, 6) is -0.321. The van der Waals surface area contributed by atoms with Crippen molar-refractivity contribution in [1.29, 1.82) is 0 Å². The molecule has 2 aromatic rings. The van der Waals surface area contributed by atoms with E-state index in [2.05, 4.69) is 20.4 Å². The summed E-state index contributed by atoms with van der Waals surface area (Å²) in [5.41, 5.74) is -0.910. The van der Waals surface area contributed by atoms with Crippen molar-refractivity contribution in [3.63, 3.8) is 0 Å². The van der Waals surface area contributed by atoms with Gasteiger partial charge in [0, 0.05) is 12.7 Å². The van der Waals surface area contributed by atoms with E-state index in [-0.39, 0.29) is 25.3 Å². The van der Waals surface area contributed by atoms with Gasteiger partial charge in [-0.15, -0.1) is 0 Å². The second-order valence-corrected chi connectivity index (χ2v) is 5.10. The van der Waals surface area contributed by atoms with Gasteiger partial charge in [0.2, 0.25) is 11.7 Å². The molecule has 0 aromatic carbocycles. The summed E-state index contributed by atoms with van der Waals surface area (Å²) in [6, 6.07) is 3.52. The summed E-state index contributed by atoms with van der Waals surface area (Å²) in [5, 5.41) is 6.39. The lowest BCUT2D eigenvalue weighted by atomic mass is 9.86. The Morgan fingerprint density at radius 2 is 2.19 bits per heavy atom. The average molecular weight is 298 g/mol. The molecule has 1 saturated heterocycles. The lowest BCUT2D eigenvalue weighted by molar-refractivity contribution is -0.191. The average Bonchev–Trinajstić information content (AvgIpc) is 3.08. The third kappa shape index (κ3) is 2.19. The molecule has 1 atom stereocenters. The van der Waals surface area contributed by atoms with Crippen LogP contribution in [0.5, 0.6) is 0 Å². The number of pyridine rings is 1. The van der Waals surface area contributed by atoms with E-state index < -0.39 is 17.5 Å². The van der Waals surface area contributed by atoms with Crippen LogP contribution in [0, 0.1) is 6.92 Å². The van der Waals surface area contributed by atoms with Gasteiger partial charge in [-0.2, -0.15) is 18.2 Å². The van der Waals surface area contributed by atoms with Crippen LogP contribution >= 0.6 is 0 Å². The molecule has 0 spiro atoms. The summed E-state index contributed by atoms with van der Waals surface area (Å²) >= 11 is 0. The molecule has 1 fully saturated rings. The Hall–Kier alpha value is -1.96. The van der Waals surface area contributed by atoms with Gasteiger partial charge in [0.1, 0.15) is 5.69 Å². The maximum Gasteiger partial charge on any atom is 0.404 e. The van der Waals surface area contributed by atoms with Crippen molar-refractivity contribution in [3.05, 3.63) is 29.8 Å². The maximum absolute atomic E-state index is 13.4. The minimum atomic E-state index is -4.44. The fraction of sp³-hybridized carbons (Fsp3) is 0.462. The van der Waals surface area contributed by atoms with E-state index in [1.54, 1.807) is 19.1 Å². The number of alkyl halides is 3. The van der Waals surface area contributed by atoms with Crippen LogP contribution in [0.1, 0.15) is 17.9 Å². The first kappa shape index (κ1) is 14.0. The molecule has 1 N–H and O–H groups in total. The van der Waals surface area contributed by atoms with E-state index >= 15 is 0 Å². The summed E-state index contributed by atoms with van der Waals surface area (Å²) in [4.78, 5) is 8.05. The molecule has 0 aliphatic carbocycles. The molecule has 3 rings (SSSR count). The standard InChI is InChI=1S/C13H13F3N4O/c1-8-3-2-5-18-9(8)10-19-11(21-20-10)12(13(14,15)16)4-6-17-7-12/h2-3,5,17H,4,6-7H2,1H3. The molecule has 112 valence electrons. The van der Waals surface area contributed by atoms with Crippen LogP contribution in [-0.4, -0.2) is 34.4 Å². The molecule has 0 bridgehead atoms. The van der Waals surface area contributed by atoms with E-state index in [1.807, 2.05) is 0 Å². The second kappa shape index (κ2) is 4.80. The van der Waals surface area contributed by atoms with Crippen LogP contribution in [0.3, 0.4) is 0 Å². The monoisotopic (exact) mass is 298 g/mol. The largest absolute Gasteiger partial charge is 0.404 e. The summed E-state index contributed by atoms with van der Waals surface area (Å²) in [6.07, 6.45) is -3.02. The van der Waals surface area contributed by atoms with Crippen molar-refractivity contribution in [3.8, 4) is 11.5 Å². The van der Waals surface area contributed by atoms with E-state index in [0.29, 0.717) is 5.69 Å². The van der Waals surface area contributed by atoms with Crippen LogP contribution in [-0.2, 0) is 5.41 Å². The minimum Gasteiger partial charge on any atom is -0.338 e. The lowest BCUT2D eigenvalue weighted by Gasteiger charge is -2.26. The maximum atomic E-state index is 13.4. The Labute approximate surface area is 118 Å². The molecule has 8 heteroatoms. The molecule has 5 nitrogen and oxygen atoms in total. The zero-order valence-electron chi connectivity index (χ0n) is 11.2. The molecule has 0 saturated carbocycles. The van der Waals surface area contributed by atoms with Crippen molar-refractivity contribution >= 4 is 0 Å². The van der Waals surface area contributed by atoms with E-state index in [4.69, 9.17) is 4.52 Å². The Bertz CT molecular complexity index is 647. The molecule has 1 unspecified atom stereocenters. The van der Waals surface area contributed by atoms with Crippen molar-refractivity contribution in [2.24, 2.45) is 0 Å². The molecule has 1 aliphatic heterocycles. The Balaban J connectivity index is 2.04. The van der Waals surface area contributed by atoms with Crippen molar-refractivity contribution in [2.45, 2.75) is 24.9 Å². The Morgan fingerprint density at radius 1 is 1.38 bits per heavy atom. The highest BCUT2D eigenvalue weighted by molar-refractivity contribution is 5.53. The minimum absolute atomic E-state index is 0.0821. The van der Waals surface area contributed by atoms with E-state index in [9.17, 15) is 13.2 Å². The predicted octanol–water partition coefficient (Wildman–Crippen LogP) is 2.23. The first-order chi connectivity index (χ1) is 9.94. The van der Waals surface area contributed by atoms with Gasteiger partial charge in [0.15, 0.2) is 5.41 Å². The lowest BCUT2D eigenvalue weighted by Crippen LogP contribution is -2.44. The number of rotatable bonds is 2. The fourth-order valence-corrected chi connectivity index (χ4v) is 2.47. The highest BCUT2D eigenvalue weighted by atomic mass is 19.4. The second-order valence-electron chi connectivity index (χ2n) is 5.10. The zero-order valence-corrected chi connectivity index (χ0v) is 11.2. The SMILES string of the molecule is Cc1cccnc1-c1noc(C2(C(F)(F)F)CCNC2)n1. The van der Waals surface area contributed by atoms with Gasteiger partial charge >= 0.3 is 6.18 Å². The van der Waals surface area contributed by atoms with Crippen LogP contribution in [0.25, 0.3) is 11.5 Å². The normalized spacial score (nSPS) is 22.7. The number of hydrogen-bond donors (Lipinski definition) is 1. The van der Waals surface area contributed by atoms with Crippen LogP contribution in [0.15, 0.2) is 22.9 Å². The van der Waals surface area contributed by atoms with Crippen molar-refractivity contribution in [1.82, 2.24) is 20.4 Å². The van der Waals surface area contributed by atoms with Gasteiger partial charge in [0.25, 0.3) is 0 Å². The zero-order chi connectivity index (χ0) is 15.1. The third-order valence-electron chi connectivity index (χ3n) is 3.75. The molecular weight excluding hydrogens is 285 g/mol. The molecule has 3 heterocycles. The number of aromatic nitrogens is 3. The summed E-state index contributed by atoms with van der Waals surface area (Å²) < 4.78 is 45.2. The molecule has 21 heavy (non-hydrogen) atoms. The number of nitrogens with zero attached hydrogens (tertiary/aromatic N) is 3. The van der Waals surface area contributed by atoms with E-state index in [0.717, 1.165) is 5.56 Å². The molecule has 2 aromatic heterocycles. The van der Waals surface area contributed by atoms with Crippen LogP contribution in [0.2, 0.25) is 0 Å². The van der Waals surface area contributed by atoms with Crippen LogP contribution in [0.4, 0.5) is 13.2 Å². The van der Waals surface area contributed by atoms with Gasteiger partial charge in [-0.25, -0.2) is 0 Å². The Morgan fingerprint density at radius 3 is 2.81 bits per heavy atom. The van der Waals surface area contributed by atoms with Crippen LogP contribution < -0.4 is 5.32 Å². The van der Waals surface area contributed by atoms with Gasteiger partial charge in [-0.05, 0) is 31.5 Å². The number of halogens is 3. The summed E-state index contributed by atoms with van der Waals surface area (Å²) in [7, 11) is 0. The predicted molar refractivity (Wildman–Crippen MR) is 67.5 cm³/mol. The first-order valence-corrected chi connectivity index (χ1v) is 6.48. The smallest absolute Gasteiger partial charge is 0.338 e. The molecule has 0 radical (unpaired) electrons. The fourth-order valence-electron chi connectivity index (χ4n) is 2.47. The third-order valence-corrected chi connectivity index (χ3v) is 3.75. The van der Waals surface area contributed by atoms with Crippen molar-refractivity contribution in [2.75, 3.05) is 13.1 Å². The van der Waals surface area contributed by atoms with Gasteiger partial charge in [-0.3, -0.25) is 4.98 Å². The molecule has 0 amide bonds. The Kier molecular flexibility index (Phi) is 3.20. The summed E-state index contributed by atoms with van der Waals surface area (Å²) in [6.45, 7) is 1.80. The number of nitrogens with one attached hydrogen (secondary N) is 1. The van der Waals surface area contributed by atoms with Gasteiger partial charge in [-0.1, -0.05) is 11.2 Å². The molecule has 1 aliphatic rings. The van der Waals surface area contributed by atoms with Gasteiger partial charge < -0.3 is 9.84 Å². The van der Waals surface area contributed by atoms with Gasteiger partial charge in [0.05, 0.1) is 0 Å².